The molecule has 2 aromatic heterocycles. The average molecular weight is 327 g/mol. The summed E-state index contributed by atoms with van der Waals surface area (Å²) in [5.74, 6) is 0.482. The molecule has 2 aromatic rings. The maximum atomic E-state index is 11.0. The van der Waals surface area contributed by atoms with E-state index in [4.69, 9.17) is 9.88 Å². The van der Waals surface area contributed by atoms with E-state index in [1.807, 2.05) is 26.8 Å². The van der Waals surface area contributed by atoms with Gasteiger partial charge in [0.15, 0.2) is 5.65 Å². The molecule has 0 fully saturated rings. The molecule has 0 aromatic carbocycles. The molecule has 0 amide bonds. The molecule has 0 aliphatic heterocycles. The van der Waals surface area contributed by atoms with Gasteiger partial charge in [-0.2, -0.15) is 0 Å². The number of sulfonamides is 1. The molecule has 2 heterocycles. The summed E-state index contributed by atoms with van der Waals surface area (Å²) in [4.78, 5) is 4.06. The second kappa shape index (κ2) is 6.17. The Morgan fingerprint density at radius 2 is 2.14 bits per heavy atom. The molecule has 2 N–H and O–H groups in total. The van der Waals surface area contributed by atoms with E-state index in [0.717, 1.165) is 5.56 Å². The third kappa shape index (κ3) is 4.63. The molecule has 0 radical (unpaired) electrons. The van der Waals surface area contributed by atoms with Crippen LogP contribution in [0.1, 0.15) is 32.3 Å². The second-order valence-corrected chi connectivity index (χ2v) is 7.90. The van der Waals surface area contributed by atoms with Crippen LogP contribution in [0.25, 0.3) is 5.65 Å². The average Bonchev–Trinajstić information content (AvgIpc) is 2.81. The zero-order chi connectivity index (χ0) is 16.4. The molecule has 0 unspecified atom stereocenters. The lowest BCUT2D eigenvalue weighted by Crippen LogP contribution is -2.24. The van der Waals surface area contributed by atoms with E-state index in [1.54, 1.807) is 0 Å². The number of nitrogens with zero attached hydrogens (tertiary/aromatic N) is 4. The molecule has 122 valence electrons. The summed E-state index contributed by atoms with van der Waals surface area (Å²) >= 11 is 0. The van der Waals surface area contributed by atoms with Gasteiger partial charge in [-0.1, -0.05) is 13.8 Å². The predicted octanol–water partition coefficient (Wildman–Crippen LogP) is 0.906. The van der Waals surface area contributed by atoms with E-state index in [1.165, 1.54) is 11.0 Å². The molecule has 2 rings (SSSR count). The Kier molecular flexibility index (Phi) is 4.66. The van der Waals surface area contributed by atoms with Gasteiger partial charge in [0.1, 0.15) is 6.33 Å². The Balaban J connectivity index is 1.96. The largest absolute Gasteiger partial charge is 0.476 e. The number of nitrogens with two attached hydrogens (primary N) is 1. The molecule has 8 nitrogen and oxygen atoms in total. The van der Waals surface area contributed by atoms with Gasteiger partial charge in [-0.05, 0) is 31.2 Å². The van der Waals surface area contributed by atoms with Crippen LogP contribution in [0, 0.1) is 12.3 Å². The Bertz CT molecular complexity index is 754. The molecule has 0 saturated heterocycles. The standard InChI is InChI=1S/C13H21N5O3S/c1-10-7-11-15-9-16-18(11)17-12(10)21-8-13(2,3)5-4-6-22(14,19)20/h7,9H,4-6,8H2,1-3H3,(H2,14,19,20). The number of rotatable bonds is 7. The lowest BCUT2D eigenvalue weighted by atomic mass is 9.89. The zero-order valence-electron chi connectivity index (χ0n) is 13.0. The highest BCUT2D eigenvalue weighted by Crippen LogP contribution is 2.25. The number of aromatic nitrogens is 4. The van der Waals surface area contributed by atoms with Gasteiger partial charge in [-0.15, -0.1) is 14.8 Å². The Labute approximate surface area is 129 Å². The van der Waals surface area contributed by atoms with Crippen molar-refractivity contribution in [1.29, 1.82) is 0 Å². The lowest BCUT2D eigenvalue weighted by Gasteiger charge is -2.24. The first-order valence-corrected chi connectivity index (χ1v) is 8.69. The van der Waals surface area contributed by atoms with Crippen molar-refractivity contribution in [3.8, 4) is 5.88 Å². The topological polar surface area (TPSA) is 112 Å². The monoisotopic (exact) mass is 327 g/mol. The zero-order valence-corrected chi connectivity index (χ0v) is 13.8. The van der Waals surface area contributed by atoms with Crippen molar-refractivity contribution in [2.45, 2.75) is 33.6 Å². The van der Waals surface area contributed by atoms with Gasteiger partial charge in [0.25, 0.3) is 0 Å². The number of aryl methyl sites for hydroxylation is 1. The molecule has 0 bridgehead atoms. The summed E-state index contributed by atoms with van der Waals surface area (Å²) in [5, 5.41) is 13.2. The summed E-state index contributed by atoms with van der Waals surface area (Å²) in [6, 6.07) is 1.85. The molecule has 0 atom stereocenters. The summed E-state index contributed by atoms with van der Waals surface area (Å²) < 4.78 is 29.1. The fourth-order valence-electron chi connectivity index (χ4n) is 2.07. The van der Waals surface area contributed by atoms with Crippen LogP contribution >= 0.6 is 0 Å². The van der Waals surface area contributed by atoms with E-state index in [2.05, 4.69) is 15.2 Å². The van der Waals surface area contributed by atoms with Gasteiger partial charge >= 0.3 is 0 Å². The normalized spacial score (nSPS) is 12.7. The van der Waals surface area contributed by atoms with Crippen LogP contribution < -0.4 is 9.88 Å². The minimum absolute atomic E-state index is 0.0153. The number of hydrogen-bond donors (Lipinski definition) is 1. The van der Waals surface area contributed by atoms with Crippen molar-refractivity contribution in [2.24, 2.45) is 10.6 Å². The quantitative estimate of drug-likeness (QED) is 0.808. The van der Waals surface area contributed by atoms with Crippen LogP contribution in [0.15, 0.2) is 12.4 Å². The summed E-state index contributed by atoms with van der Waals surface area (Å²) in [7, 11) is -3.41. The highest BCUT2D eigenvalue weighted by Gasteiger charge is 2.21. The third-order valence-corrected chi connectivity index (χ3v) is 4.16. The minimum Gasteiger partial charge on any atom is -0.476 e. The highest BCUT2D eigenvalue weighted by molar-refractivity contribution is 7.89. The minimum atomic E-state index is -3.41. The van der Waals surface area contributed by atoms with Crippen molar-refractivity contribution in [3.05, 3.63) is 18.0 Å². The van der Waals surface area contributed by atoms with Gasteiger partial charge in [0, 0.05) is 5.56 Å². The molecule has 0 spiro atoms. The second-order valence-electron chi connectivity index (χ2n) is 6.16. The number of primary sulfonamides is 1. The van der Waals surface area contributed by atoms with Gasteiger partial charge in [-0.3, -0.25) is 0 Å². The van der Waals surface area contributed by atoms with E-state index in [-0.39, 0.29) is 11.2 Å². The highest BCUT2D eigenvalue weighted by atomic mass is 32.2. The van der Waals surface area contributed by atoms with Crippen LogP contribution in [-0.4, -0.2) is 40.6 Å². The third-order valence-electron chi connectivity index (χ3n) is 3.31. The van der Waals surface area contributed by atoms with Crippen molar-refractivity contribution in [1.82, 2.24) is 19.8 Å². The van der Waals surface area contributed by atoms with Crippen LogP contribution in [0.5, 0.6) is 5.88 Å². The Hall–Kier alpha value is -1.74. The summed E-state index contributed by atoms with van der Waals surface area (Å²) in [5.41, 5.74) is 1.36. The maximum absolute atomic E-state index is 11.0. The summed E-state index contributed by atoms with van der Waals surface area (Å²) in [6.45, 7) is 6.34. The molecule has 22 heavy (non-hydrogen) atoms. The van der Waals surface area contributed by atoms with Crippen LogP contribution in [0.3, 0.4) is 0 Å². The van der Waals surface area contributed by atoms with E-state index in [9.17, 15) is 8.42 Å². The first kappa shape index (κ1) is 16.6. The fourth-order valence-corrected chi connectivity index (χ4v) is 2.61. The molecular formula is C13H21N5O3S. The first-order chi connectivity index (χ1) is 10.2. The molecule has 0 aliphatic rings. The predicted molar refractivity (Wildman–Crippen MR) is 82.0 cm³/mol. The SMILES string of the molecule is Cc1cc2ncnn2nc1OCC(C)(C)CCCS(N)(=O)=O. The number of fused-ring (bicyclic) bond motifs is 1. The van der Waals surface area contributed by atoms with Gasteiger partial charge in [-0.25, -0.2) is 18.5 Å². The Morgan fingerprint density at radius 3 is 2.82 bits per heavy atom. The van der Waals surface area contributed by atoms with E-state index < -0.39 is 10.0 Å². The van der Waals surface area contributed by atoms with Crippen molar-refractivity contribution < 1.29 is 13.2 Å². The van der Waals surface area contributed by atoms with Crippen molar-refractivity contribution >= 4 is 15.7 Å². The number of hydrogen-bond acceptors (Lipinski definition) is 6. The molecule has 0 saturated carbocycles. The maximum Gasteiger partial charge on any atom is 0.236 e. The summed E-state index contributed by atoms with van der Waals surface area (Å²) in [6.07, 6.45) is 2.63. The van der Waals surface area contributed by atoms with Crippen LogP contribution in [-0.2, 0) is 10.0 Å². The van der Waals surface area contributed by atoms with Gasteiger partial charge < -0.3 is 4.74 Å². The van der Waals surface area contributed by atoms with E-state index >= 15 is 0 Å². The number of ether oxygens (including phenoxy) is 1. The lowest BCUT2D eigenvalue weighted by molar-refractivity contribution is 0.161. The van der Waals surface area contributed by atoms with Crippen molar-refractivity contribution in [2.75, 3.05) is 12.4 Å². The van der Waals surface area contributed by atoms with E-state index in [0.29, 0.717) is 31.0 Å². The van der Waals surface area contributed by atoms with Crippen LogP contribution in [0.4, 0.5) is 0 Å². The van der Waals surface area contributed by atoms with Crippen molar-refractivity contribution in [3.63, 3.8) is 0 Å². The fraction of sp³-hybridized carbons (Fsp3) is 0.615. The first-order valence-electron chi connectivity index (χ1n) is 6.97. The molecular weight excluding hydrogens is 306 g/mol. The Morgan fingerprint density at radius 1 is 1.41 bits per heavy atom. The smallest absolute Gasteiger partial charge is 0.236 e. The molecule has 9 heteroatoms. The van der Waals surface area contributed by atoms with Gasteiger partial charge in [0.2, 0.25) is 15.9 Å². The molecule has 0 aliphatic carbocycles. The van der Waals surface area contributed by atoms with Gasteiger partial charge in [0.05, 0.1) is 12.4 Å². The van der Waals surface area contributed by atoms with Crippen LogP contribution in [0.2, 0.25) is 0 Å².